The van der Waals surface area contributed by atoms with Gasteiger partial charge in [-0.15, -0.1) is 0 Å². The maximum absolute atomic E-state index is 13.2. The van der Waals surface area contributed by atoms with Crippen molar-refractivity contribution in [3.05, 3.63) is 28.8 Å². The molecule has 0 amide bonds. The van der Waals surface area contributed by atoms with Crippen LogP contribution >= 0.6 is 11.6 Å². The molecule has 1 saturated heterocycles. The van der Waals surface area contributed by atoms with Gasteiger partial charge in [0.15, 0.2) is 0 Å². The summed E-state index contributed by atoms with van der Waals surface area (Å²) in [4.78, 5) is 1.84. The van der Waals surface area contributed by atoms with Crippen LogP contribution in [0.1, 0.15) is 31.2 Å². The Hall–Kier alpha value is -0.940. The standard InChI is InChI=1S/C15H18ClF3N2/c16-10-3-6-14(13(8-10)15(17,18)19)21-7-1-2-12(9-21)20-11-4-5-11/h3,6,8,11-12,20H,1-2,4-5,7,9H2. The molecule has 1 aliphatic heterocycles. The molecule has 2 nitrogen and oxygen atoms in total. The Kier molecular flexibility index (Phi) is 4.06. The van der Waals surface area contributed by atoms with E-state index in [1.165, 1.54) is 25.0 Å². The number of hydrogen-bond acceptors (Lipinski definition) is 2. The van der Waals surface area contributed by atoms with Crippen molar-refractivity contribution in [1.82, 2.24) is 5.32 Å². The first-order valence-corrected chi connectivity index (χ1v) is 7.69. The fraction of sp³-hybridized carbons (Fsp3) is 0.600. The Morgan fingerprint density at radius 3 is 2.57 bits per heavy atom. The summed E-state index contributed by atoms with van der Waals surface area (Å²) in [6, 6.07) is 4.90. The van der Waals surface area contributed by atoms with Crippen molar-refractivity contribution in [2.45, 2.75) is 43.9 Å². The molecule has 0 bridgehead atoms. The normalized spacial score (nSPS) is 23.4. The third-order valence-corrected chi connectivity index (χ3v) is 4.31. The Balaban J connectivity index is 1.81. The molecule has 0 radical (unpaired) electrons. The molecule has 1 aromatic carbocycles. The van der Waals surface area contributed by atoms with Crippen LogP contribution in [0.4, 0.5) is 18.9 Å². The van der Waals surface area contributed by atoms with Crippen LogP contribution < -0.4 is 10.2 Å². The lowest BCUT2D eigenvalue weighted by atomic mass is 10.0. The highest BCUT2D eigenvalue weighted by Gasteiger charge is 2.36. The van der Waals surface area contributed by atoms with Gasteiger partial charge in [-0.3, -0.25) is 0 Å². The zero-order valence-electron chi connectivity index (χ0n) is 11.6. The maximum atomic E-state index is 13.2. The third kappa shape index (κ3) is 3.64. The van der Waals surface area contributed by atoms with Gasteiger partial charge in [0.2, 0.25) is 0 Å². The number of nitrogens with one attached hydrogen (secondary N) is 1. The summed E-state index contributed by atoms with van der Waals surface area (Å²) in [7, 11) is 0. The Morgan fingerprint density at radius 1 is 1.14 bits per heavy atom. The first-order valence-electron chi connectivity index (χ1n) is 7.31. The number of halogens is 4. The van der Waals surface area contributed by atoms with Gasteiger partial charge in [-0.2, -0.15) is 13.2 Å². The van der Waals surface area contributed by atoms with Crippen LogP contribution in [0.3, 0.4) is 0 Å². The van der Waals surface area contributed by atoms with Gasteiger partial charge in [0, 0.05) is 35.9 Å². The number of rotatable bonds is 3. The topological polar surface area (TPSA) is 15.3 Å². The molecule has 1 saturated carbocycles. The van der Waals surface area contributed by atoms with E-state index in [9.17, 15) is 13.2 Å². The summed E-state index contributed by atoms with van der Waals surface area (Å²) in [6.07, 6.45) is -0.0696. The number of piperidine rings is 1. The van der Waals surface area contributed by atoms with Crippen molar-refractivity contribution < 1.29 is 13.2 Å². The first kappa shape index (κ1) is 15.0. The predicted molar refractivity (Wildman–Crippen MR) is 77.8 cm³/mol. The van der Waals surface area contributed by atoms with Gasteiger partial charge in [0.1, 0.15) is 0 Å². The van der Waals surface area contributed by atoms with E-state index in [0.29, 0.717) is 19.1 Å². The van der Waals surface area contributed by atoms with Crippen LogP contribution in [0, 0.1) is 0 Å². The van der Waals surface area contributed by atoms with E-state index in [2.05, 4.69) is 5.32 Å². The lowest BCUT2D eigenvalue weighted by molar-refractivity contribution is -0.137. The van der Waals surface area contributed by atoms with Crippen LogP contribution in [-0.4, -0.2) is 25.2 Å². The van der Waals surface area contributed by atoms with Crippen molar-refractivity contribution in [1.29, 1.82) is 0 Å². The second kappa shape index (κ2) is 5.69. The van der Waals surface area contributed by atoms with Crippen molar-refractivity contribution in [3.63, 3.8) is 0 Å². The van der Waals surface area contributed by atoms with E-state index in [1.54, 1.807) is 0 Å². The maximum Gasteiger partial charge on any atom is 0.418 e. The van der Waals surface area contributed by atoms with E-state index in [4.69, 9.17) is 11.6 Å². The summed E-state index contributed by atoms with van der Waals surface area (Å²) in [5.74, 6) is 0. The van der Waals surface area contributed by atoms with Crippen LogP contribution in [0.2, 0.25) is 5.02 Å². The lowest BCUT2D eigenvalue weighted by Crippen LogP contribution is -2.47. The molecule has 1 aliphatic carbocycles. The van der Waals surface area contributed by atoms with Gasteiger partial charge in [0.05, 0.1) is 5.56 Å². The zero-order valence-corrected chi connectivity index (χ0v) is 12.3. The molecule has 1 unspecified atom stereocenters. The highest BCUT2D eigenvalue weighted by atomic mass is 35.5. The highest BCUT2D eigenvalue weighted by molar-refractivity contribution is 6.30. The summed E-state index contributed by atoms with van der Waals surface area (Å²) in [6.45, 7) is 1.29. The molecule has 21 heavy (non-hydrogen) atoms. The fourth-order valence-electron chi connectivity index (χ4n) is 2.93. The molecular formula is C15H18ClF3N2. The number of hydrogen-bond donors (Lipinski definition) is 1. The average Bonchev–Trinajstić information content (AvgIpc) is 3.22. The Morgan fingerprint density at radius 2 is 1.90 bits per heavy atom. The molecule has 1 aromatic rings. The molecular weight excluding hydrogens is 301 g/mol. The average molecular weight is 319 g/mol. The van der Waals surface area contributed by atoms with Crippen molar-refractivity contribution >= 4 is 17.3 Å². The van der Waals surface area contributed by atoms with Crippen molar-refractivity contribution in [3.8, 4) is 0 Å². The van der Waals surface area contributed by atoms with Crippen molar-refractivity contribution in [2.24, 2.45) is 0 Å². The number of benzene rings is 1. The molecule has 0 spiro atoms. The van der Waals surface area contributed by atoms with Gasteiger partial charge < -0.3 is 10.2 Å². The molecule has 2 aliphatic rings. The predicted octanol–water partition coefficient (Wildman–Crippen LogP) is 4.08. The third-order valence-electron chi connectivity index (χ3n) is 4.07. The number of anilines is 1. The summed E-state index contributed by atoms with van der Waals surface area (Å²) < 4.78 is 39.6. The SMILES string of the molecule is FC(F)(F)c1cc(Cl)ccc1N1CCCC(NC2CC2)C1. The smallest absolute Gasteiger partial charge is 0.369 e. The minimum Gasteiger partial charge on any atom is -0.369 e. The van der Waals surface area contributed by atoms with Crippen LogP contribution in [-0.2, 0) is 6.18 Å². The van der Waals surface area contributed by atoms with Crippen LogP contribution in [0.25, 0.3) is 0 Å². The van der Waals surface area contributed by atoms with Crippen LogP contribution in [0.5, 0.6) is 0 Å². The van der Waals surface area contributed by atoms with Gasteiger partial charge in [-0.05, 0) is 43.9 Å². The quantitative estimate of drug-likeness (QED) is 0.903. The molecule has 3 rings (SSSR count). The molecule has 1 atom stereocenters. The molecule has 1 heterocycles. The fourth-order valence-corrected chi connectivity index (χ4v) is 3.10. The Labute approximate surface area is 127 Å². The summed E-state index contributed by atoms with van der Waals surface area (Å²) in [5, 5.41) is 3.63. The molecule has 1 N–H and O–H groups in total. The molecule has 116 valence electrons. The molecule has 6 heteroatoms. The molecule has 0 aromatic heterocycles. The van der Waals surface area contributed by atoms with Gasteiger partial charge >= 0.3 is 6.18 Å². The van der Waals surface area contributed by atoms with E-state index in [-0.39, 0.29) is 16.8 Å². The summed E-state index contributed by atoms with van der Waals surface area (Å²) in [5.41, 5.74) is -0.392. The second-order valence-electron chi connectivity index (χ2n) is 5.89. The largest absolute Gasteiger partial charge is 0.418 e. The highest BCUT2D eigenvalue weighted by Crippen LogP contribution is 2.39. The minimum absolute atomic E-state index is 0.121. The number of alkyl halides is 3. The van der Waals surface area contributed by atoms with E-state index in [1.807, 2.05) is 4.90 Å². The van der Waals surface area contributed by atoms with Crippen LogP contribution in [0.15, 0.2) is 18.2 Å². The van der Waals surface area contributed by atoms with Gasteiger partial charge in [-0.1, -0.05) is 11.6 Å². The van der Waals surface area contributed by atoms with E-state index >= 15 is 0 Å². The molecule has 2 fully saturated rings. The lowest BCUT2D eigenvalue weighted by Gasteiger charge is -2.36. The minimum atomic E-state index is -4.38. The summed E-state index contributed by atoms with van der Waals surface area (Å²) >= 11 is 5.74. The van der Waals surface area contributed by atoms with Crippen molar-refractivity contribution in [2.75, 3.05) is 18.0 Å². The number of nitrogens with zero attached hydrogens (tertiary/aromatic N) is 1. The monoisotopic (exact) mass is 318 g/mol. The van der Waals surface area contributed by atoms with E-state index < -0.39 is 11.7 Å². The Bertz CT molecular complexity index is 514. The van der Waals surface area contributed by atoms with Gasteiger partial charge in [-0.25, -0.2) is 0 Å². The van der Waals surface area contributed by atoms with E-state index in [0.717, 1.165) is 18.9 Å². The van der Waals surface area contributed by atoms with Gasteiger partial charge in [0.25, 0.3) is 0 Å². The zero-order chi connectivity index (χ0) is 15.0. The second-order valence-corrected chi connectivity index (χ2v) is 6.32. The first-order chi connectivity index (χ1) is 9.93.